The molecular weight excluding hydrogens is 230 g/mol. The minimum atomic E-state index is 0.482. The molecule has 0 aromatic carbocycles. The Morgan fingerprint density at radius 2 is 2.00 bits per heavy atom. The lowest BCUT2D eigenvalue weighted by atomic mass is 10.3. The summed E-state index contributed by atoms with van der Waals surface area (Å²) in [6.07, 6.45) is 2.83. The van der Waals surface area contributed by atoms with Gasteiger partial charge < -0.3 is 19.2 Å². The zero-order chi connectivity index (χ0) is 13.2. The van der Waals surface area contributed by atoms with Gasteiger partial charge in [0.05, 0.1) is 19.5 Å². The van der Waals surface area contributed by atoms with E-state index in [1.165, 1.54) is 0 Å². The predicted molar refractivity (Wildman–Crippen MR) is 71.4 cm³/mol. The Bertz CT molecular complexity index is 310. The summed E-state index contributed by atoms with van der Waals surface area (Å²) in [5.74, 6) is 0.867. The lowest BCUT2D eigenvalue weighted by Crippen LogP contribution is -2.21. The first kappa shape index (κ1) is 15.2. The number of furan rings is 1. The zero-order valence-electron chi connectivity index (χ0n) is 11.7. The van der Waals surface area contributed by atoms with Crippen LogP contribution in [0.3, 0.4) is 0 Å². The number of rotatable bonds is 10. The summed E-state index contributed by atoms with van der Waals surface area (Å²) in [5, 5.41) is 3.34. The molecule has 0 radical (unpaired) electrons. The van der Waals surface area contributed by atoms with Crippen molar-refractivity contribution in [1.29, 1.82) is 0 Å². The van der Waals surface area contributed by atoms with Gasteiger partial charge in [-0.2, -0.15) is 0 Å². The van der Waals surface area contributed by atoms with Gasteiger partial charge in [0, 0.05) is 24.8 Å². The Morgan fingerprint density at radius 1 is 1.22 bits per heavy atom. The van der Waals surface area contributed by atoms with Crippen molar-refractivity contribution in [3.8, 4) is 0 Å². The van der Waals surface area contributed by atoms with Crippen molar-refractivity contribution in [1.82, 2.24) is 5.32 Å². The summed E-state index contributed by atoms with van der Waals surface area (Å²) in [4.78, 5) is 0. The third kappa shape index (κ3) is 6.79. The summed E-state index contributed by atoms with van der Waals surface area (Å²) in [7, 11) is 0. The van der Waals surface area contributed by atoms with E-state index in [2.05, 4.69) is 26.1 Å². The van der Waals surface area contributed by atoms with Crippen LogP contribution in [0.15, 0.2) is 16.7 Å². The standard InChI is InChI=1S/C14H25NO3/c1-4-5-16-6-7-17-11-14-8-13(10-18-14)9-15-12(2)3/h8,10,12,15H,4-7,9,11H2,1-3H3. The monoisotopic (exact) mass is 255 g/mol. The molecule has 1 aromatic heterocycles. The van der Waals surface area contributed by atoms with Crippen LogP contribution in [0.4, 0.5) is 0 Å². The molecule has 4 heteroatoms. The van der Waals surface area contributed by atoms with E-state index < -0.39 is 0 Å². The maximum Gasteiger partial charge on any atom is 0.129 e. The molecule has 0 fully saturated rings. The fourth-order valence-electron chi connectivity index (χ4n) is 1.45. The highest BCUT2D eigenvalue weighted by molar-refractivity contribution is 5.12. The van der Waals surface area contributed by atoms with Crippen LogP contribution in [0.25, 0.3) is 0 Å². The van der Waals surface area contributed by atoms with Crippen LogP contribution in [0.1, 0.15) is 38.5 Å². The molecule has 0 saturated carbocycles. The highest BCUT2D eigenvalue weighted by atomic mass is 16.5. The SMILES string of the molecule is CCCOCCOCc1cc(CNC(C)C)co1. The van der Waals surface area contributed by atoms with Gasteiger partial charge in [-0.05, 0) is 12.5 Å². The Morgan fingerprint density at radius 3 is 2.72 bits per heavy atom. The highest BCUT2D eigenvalue weighted by Gasteiger charge is 2.02. The molecule has 0 bridgehead atoms. The van der Waals surface area contributed by atoms with Gasteiger partial charge in [-0.15, -0.1) is 0 Å². The van der Waals surface area contributed by atoms with Crippen LogP contribution < -0.4 is 5.32 Å². The van der Waals surface area contributed by atoms with E-state index in [0.29, 0.717) is 25.9 Å². The molecule has 0 amide bonds. The minimum absolute atomic E-state index is 0.482. The van der Waals surface area contributed by atoms with Crippen molar-refractivity contribution in [3.63, 3.8) is 0 Å². The van der Waals surface area contributed by atoms with Crippen molar-refractivity contribution in [2.24, 2.45) is 0 Å². The molecule has 4 nitrogen and oxygen atoms in total. The van der Waals surface area contributed by atoms with Crippen LogP contribution >= 0.6 is 0 Å². The molecule has 104 valence electrons. The minimum Gasteiger partial charge on any atom is -0.467 e. The van der Waals surface area contributed by atoms with Crippen molar-refractivity contribution in [2.45, 2.75) is 46.4 Å². The quantitative estimate of drug-likeness (QED) is 0.653. The third-order valence-corrected chi connectivity index (χ3v) is 2.39. The summed E-state index contributed by atoms with van der Waals surface area (Å²) < 4.78 is 16.2. The first-order valence-corrected chi connectivity index (χ1v) is 6.67. The smallest absolute Gasteiger partial charge is 0.129 e. The van der Waals surface area contributed by atoms with Crippen LogP contribution in [0, 0.1) is 0 Å². The number of ether oxygens (including phenoxy) is 2. The summed E-state index contributed by atoms with van der Waals surface area (Å²) in [5.41, 5.74) is 1.16. The normalized spacial score (nSPS) is 11.3. The first-order valence-electron chi connectivity index (χ1n) is 6.67. The Kier molecular flexibility index (Phi) is 7.73. The lowest BCUT2D eigenvalue weighted by molar-refractivity contribution is 0.0350. The van der Waals surface area contributed by atoms with Gasteiger partial charge in [-0.25, -0.2) is 0 Å². The molecule has 1 aromatic rings. The molecule has 0 spiro atoms. The van der Waals surface area contributed by atoms with Crippen molar-refractivity contribution in [3.05, 3.63) is 23.7 Å². The van der Waals surface area contributed by atoms with E-state index in [1.807, 2.05) is 6.07 Å². The van der Waals surface area contributed by atoms with Crippen molar-refractivity contribution < 1.29 is 13.9 Å². The fraction of sp³-hybridized carbons (Fsp3) is 0.714. The molecule has 0 aliphatic carbocycles. The average molecular weight is 255 g/mol. The van der Waals surface area contributed by atoms with Gasteiger partial charge in [0.15, 0.2) is 0 Å². The zero-order valence-corrected chi connectivity index (χ0v) is 11.7. The summed E-state index contributed by atoms with van der Waals surface area (Å²) in [6.45, 7) is 9.75. The van der Waals surface area contributed by atoms with Crippen molar-refractivity contribution in [2.75, 3.05) is 19.8 Å². The van der Waals surface area contributed by atoms with Gasteiger partial charge in [0.2, 0.25) is 0 Å². The van der Waals surface area contributed by atoms with Gasteiger partial charge in [0.25, 0.3) is 0 Å². The Labute approximate surface area is 110 Å². The van der Waals surface area contributed by atoms with Crippen LogP contribution in [0.5, 0.6) is 0 Å². The molecule has 0 unspecified atom stereocenters. The second-order valence-electron chi connectivity index (χ2n) is 4.62. The van der Waals surface area contributed by atoms with Gasteiger partial charge >= 0.3 is 0 Å². The highest BCUT2D eigenvalue weighted by Crippen LogP contribution is 2.09. The number of nitrogens with one attached hydrogen (secondary N) is 1. The summed E-state index contributed by atoms with van der Waals surface area (Å²) in [6, 6.07) is 2.51. The second kappa shape index (κ2) is 9.14. The first-order chi connectivity index (χ1) is 8.72. The molecule has 1 N–H and O–H groups in total. The molecule has 0 aliphatic rings. The molecular formula is C14H25NO3. The van der Waals surface area contributed by atoms with E-state index in [0.717, 1.165) is 30.9 Å². The fourth-order valence-corrected chi connectivity index (χ4v) is 1.45. The number of hydrogen-bond donors (Lipinski definition) is 1. The van der Waals surface area contributed by atoms with E-state index >= 15 is 0 Å². The molecule has 18 heavy (non-hydrogen) atoms. The van der Waals surface area contributed by atoms with Crippen LogP contribution in [0.2, 0.25) is 0 Å². The second-order valence-corrected chi connectivity index (χ2v) is 4.62. The maximum absolute atomic E-state index is 5.47. The molecule has 0 saturated heterocycles. The summed E-state index contributed by atoms with van der Waals surface area (Å²) >= 11 is 0. The molecule has 1 heterocycles. The molecule has 1 rings (SSSR count). The van der Waals surface area contributed by atoms with Gasteiger partial charge in [0.1, 0.15) is 12.4 Å². The molecule has 0 atom stereocenters. The van der Waals surface area contributed by atoms with E-state index in [1.54, 1.807) is 6.26 Å². The van der Waals surface area contributed by atoms with Gasteiger partial charge in [-0.1, -0.05) is 20.8 Å². The Balaban J connectivity index is 2.11. The predicted octanol–water partition coefficient (Wildman–Crippen LogP) is 2.72. The Hall–Kier alpha value is -0.840. The molecule has 0 aliphatic heterocycles. The van der Waals surface area contributed by atoms with E-state index in [-0.39, 0.29) is 0 Å². The van der Waals surface area contributed by atoms with Crippen LogP contribution in [-0.2, 0) is 22.6 Å². The largest absolute Gasteiger partial charge is 0.467 e. The number of hydrogen-bond acceptors (Lipinski definition) is 4. The van der Waals surface area contributed by atoms with E-state index in [9.17, 15) is 0 Å². The van der Waals surface area contributed by atoms with E-state index in [4.69, 9.17) is 13.9 Å². The topological polar surface area (TPSA) is 43.6 Å². The van der Waals surface area contributed by atoms with Crippen molar-refractivity contribution >= 4 is 0 Å². The van der Waals surface area contributed by atoms with Crippen LogP contribution in [-0.4, -0.2) is 25.9 Å². The maximum atomic E-state index is 5.47. The lowest BCUT2D eigenvalue weighted by Gasteiger charge is -2.04. The average Bonchev–Trinajstić information content (AvgIpc) is 2.79. The third-order valence-electron chi connectivity index (χ3n) is 2.39. The van der Waals surface area contributed by atoms with Gasteiger partial charge in [-0.3, -0.25) is 0 Å².